The Kier molecular flexibility index (Phi) is 4.74. The molecule has 1 aromatic rings. The van der Waals surface area contributed by atoms with E-state index in [1.807, 2.05) is 13.8 Å². The van der Waals surface area contributed by atoms with Crippen LogP contribution in [0.2, 0.25) is 10.0 Å². The van der Waals surface area contributed by atoms with Crippen LogP contribution >= 0.6 is 39.1 Å². The van der Waals surface area contributed by atoms with Crippen molar-refractivity contribution in [3.05, 3.63) is 26.7 Å². The van der Waals surface area contributed by atoms with E-state index in [-0.39, 0.29) is 21.0 Å². The van der Waals surface area contributed by atoms with E-state index in [4.69, 9.17) is 27.9 Å². The third-order valence-corrected chi connectivity index (χ3v) is 6.48. The van der Waals surface area contributed by atoms with Gasteiger partial charge >= 0.3 is 0 Å². The Morgan fingerprint density at radius 3 is 2.40 bits per heavy atom. The summed E-state index contributed by atoms with van der Waals surface area (Å²) in [6, 6.07) is 3.00. The molecule has 8 heteroatoms. The van der Waals surface area contributed by atoms with Crippen molar-refractivity contribution in [2.75, 3.05) is 6.61 Å². The predicted octanol–water partition coefficient (Wildman–Crippen LogP) is 3.60. The van der Waals surface area contributed by atoms with Gasteiger partial charge in [0.25, 0.3) is 0 Å². The molecule has 2 rings (SSSR count). The van der Waals surface area contributed by atoms with Crippen LogP contribution in [0.4, 0.5) is 0 Å². The highest BCUT2D eigenvalue weighted by atomic mass is 79.9. The van der Waals surface area contributed by atoms with Gasteiger partial charge in [0.1, 0.15) is 4.90 Å². The van der Waals surface area contributed by atoms with Crippen LogP contribution in [0.25, 0.3) is 0 Å². The van der Waals surface area contributed by atoms with E-state index in [9.17, 15) is 8.42 Å². The fourth-order valence-corrected chi connectivity index (χ4v) is 5.55. The standard InChI is InChI=1S/C12H14BrCl2NO3S/c1-7-12(2,3-4-19-7)16-20(17,18)11-9(14)5-8(13)6-10(11)15/h5-7,16H,3-4H2,1-2H3. The zero-order chi connectivity index (χ0) is 15.1. The van der Waals surface area contributed by atoms with E-state index >= 15 is 0 Å². The first-order valence-corrected chi connectivity index (χ1v) is 8.99. The zero-order valence-corrected chi connectivity index (χ0v) is 14.8. The molecule has 1 saturated heterocycles. The Bertz CT molecular complexity index is 615. The molecule has 0 bridgehead atoms. The van der Waals surface area contributed by atoms with Gasteiger partial charge in [-0.3, -0.25) is 0 Å². The van der Waals surface area contributed by atoms with Gasteiger partial charge in [0.15, 0.2) is 0 Å². The van der Waals surface area contributed by atoms with E-state index in [2.05, 4.69) is 20.7 Å². The zero-order valence-electron chi connectivity index (χ0n) is 10.9. The smallest absolute Gasteiger partial charge is 0.244 e. The first-order chi connectivity index (χ1) is 9.16. The van der Waals surface area contributed by atoms with Crippen molar-refractivity contribution in [3.63, 3.8) is 0 Å². The minimum Gasteiger partial charge on any atom is -0.376 e. The van der Waals surface area contributed by atoms with Crippen molar-refractivity contribution in [2.45, 2.75) is 36.8 Å². The Morgan fingerprint density at radius 1 is 1.40 bits per heavy atom. The Hall–Kier alpha value is 0.150. The molecule has 2 atom stereocenters. The fourth-order valence-electron chi connectivity index (χ4n) is 2.11. The van der Waals surface area contributed by atoms with Crippen molar-refractivity contribution >= 4 is 49.2 Å². The second-order valence-corrected chi connectivity index (χ2v) is 8.33. The van der Waals surface area contributed by atoms with Crippen LogP contribution in [0.1, 0.15) is 20.3 Å². The minimum absolute atomic E-state index is 0.0760. The van der Waals surface area contributed by atoms with Gasteiger partial charge in [-0.2, -0.15) is 0 Å². The molecule has 1 fully saturated rings. The van der Waals surface area contributed by atoms with Crippen LogP contribution in [-0.4, -0.2) is 26.7 Å². The lowest BCUT2D eigenvalue weighted by Crippen LogP contribution is -2.50. The molecule has 112 valence electrons. The van der Waals surface area contributed by atoms with Crippen molar-refractivity contribution in [1.29, 1.82) is 0 Å². The molecule has 1 aliphatic rings. The monoisotopic (exact) mass is 401 g/mol. The van der Waals surface area contributed by atoms with Crippen molar-refractivity contribution in [1.82, 2.24) is 4.72 Å². The molecular formula is C12H14BrCl2NO3S. The summed E-state index contributed by atoms with van der Waals surface area (Å²) in [5.41, 5.74) is -0.668. The van der Waals surface area contributed by atoms with Gasteiger partial charge in [-0.1, -0.05) is 39.1 Å². The molecule has 1 heterocycles. The minimum atomic E-state index is -3.83. The number of sulfonamides is 1. The third kappa shape index (κ3) is 3.15. The van der Waals surface area contributed by atoms with Gasteiger partial charge in [0.2, 0.25) is 10.0 Å². The van der Waals surface area contributed by atoms with Crippen LogP contribution in [0, 0.1) is 0 Å². The first kappa shape index (κ1) is 16.5. The number of nitrogens with one attached hydrogen (secondary N) is 1. The fraction of sp³-hybridized carbons (Fsp3) is 0.500. The number of hydrogen-bond donors (Lipinski definition) is 1. The number of benzene rings is 1. The maximum atomic E-state index is 12.5. The van der Waals surface area contributed by atoms with E-state index in [0.717, 1.165) is 0 Å². The molecule has 1 aliphatic heterocycles. The highest BCUT2D eigenvalue weighted by Crippen LogP contribution is 2.35. The topological polar surface area (TPSA) is 55.4 Å². The summed E-state index contributed by atoms with van der Waals surface area (Å²) >= 11 is 15.3. The largest absolute Gasteiger partial charge is 0.376 e. The maximum Gasteiger partial charge on any atom is 0.244 e. The third-order valence-electron chi connectivity index (χ3n) is 3.49. The van der Waals surface area contributed by atoms with Gasteiger partial charge in [-0.15, -0.1) is 0 Å². The molecule has 0 saturated carbocycles. The second kappa shape index (κ2) is 5.74. The summed E-state index contributed by atoms with van der Waals surface area (Å²) in [5, 5.41) is 0.152. The predicted molar refractivity (Wildman–Crippen MR) is 82.9 cm³/mol. The van der Waals surface area contributed by atoms with E-state index in [1.165, 1.54) is 12.1 Å². The summed E-state index contributed by atoms with van der Waals surface area (Å²) in [5.74, 6) is 0. The average molecular weight is 403 g/mol. The molecule has 4 nitrogen and oxygen atoms in total. The highest BCUT2D eigenvalue weighted by Gasteiger charge is 2.41. The summed E-state index contributed by atoms with van der Waals surface area (Å²) in [6.07, 6.45) is 0.379. The quantitative estimate of drug-likeness (QED) is 0.840. The normalized spacial score (nSPS) is 26.9. The molecule has 0 aliphatic carbocycles. The summed E-state index contributed by atoms with van der Waals surface area (Å²) in [4.78, 5) is -0.107. The van der Waals surface area contributed by atoms with Crippen molar-refractivity contribution in [2.24, 2.45) is 0 Å². The molecule has 0 amide bonds. The van der Waals surface area contributed by atoms with E-state index in [1.54, 1.807) is 0 Å². The number of rotatable bonds is 3. The van der Waals surface area contributed by atoms with Gasteiger partial charge in [-0.05, 0) is 32.4 Å². The SMILES string of the molecule is CC1OCCC1(C)NS(=O)(=O)c1c(Cl)cc(Br)cc1Cl. The van der Waals surface area contributed by atoms with Crippen LogP contribution < -0.4 is 4.72 Å². The van der Waals surface area contributed by atoms with Gasteiger partial charge in [0.05, 0.1) is 21.7 Å². The summed E-state index contributed by atoms with van der Waals surface area (Å²) < 4.78 is 33.8. The lowest BCUT2D eigenvalue weighted by atomic mass is 9.97. The highest BCUT2D eigenvalue weighted by molar-refractivity contribution is 9.10. The molecule has 1 aromatic carbocycles. The maximum absolute atomic E-state index is 12.5. The van der Waals surface area contributed by atoms with Gasteiger partial charge in [-0.25, -0.2) is 13.1 Å². The number of ether oxygens (including phenoxy) is 1. The molecule has 0 spiro atoms. The van der Waals surface area contributed by atoms with Crippen LogP contribution in [0.5, 0.6) is 0 Å². The van der Waals surface area contributed by atoms with Crippen LogP contribution in [-0.2, 0) is 14.8 Å². The van der Waals surface area contributed by atoms with Crippen LogP contribution in [0.3, 0.4) is 0 Å². The Morgan fingerprint density at radius 2 is 1.95 bits per heavy atom. The van der Waals surface area contributed by atoms with E-state index in [0.29, 0.717) is 17.5 Å². The molecular weight excluding hydrogens is 389 g/mol. The summed E-state index contributed by atoms with van der Waals surface area (Å²) in [6.45, 7) is 4.16. The van der Waals surface area contributed by atoms with E-state index < -0.39 is 15.6 Å². The second-order valence-electron chi connectivity index (χ2n) is 4.98. The van der Waals surface area contributed by atoms with Crippen LogP contribution in [0.15, 0.2) is 21.5 Å². The molecule has 2 unspecified atom stereocenters. The first-order valence-electron chi connectivity index (χ1n) is 5.96. The molecule has 1 N–H and O–H groups in total. The average Bonchev–Trinajstić information content (AvgIpc) is 2.55. The molecule has 0 aromatic heterocycles. The number of halogens is 3. The van der Waals surface area contributed by atoms with Gasteiger partial charge in [0, 0.05) is 11.1 Å². The summed E-state index contributed by atoms with van der Waals surface area (Å²) in [7, 11) is -3.83. The van der Waals surface area contributed by atoms with Crippen molar-refractivity contribution in [3.8, 4) is 0 Å². The lowest BCUT2D eigenvalue weighted by molar-refractivity contribution is 0.0957. The molecule has 0 radical (unpaired) electrons. The Labute approximate surface area is 137 Å². The Balaban J connectivity index is 2.42. The van der Waals surface area contributed by atoms with Crippen molar-refractivity contribution < 1.29 is 13.2 Å². The van der Waals surface area contributed by atoms with Gasteiger partial charge < -0.3 is 4.74 Å². The molecule has 20 heavy (non-hydrogen) atoms. The lowest BCUT2D eigenvalue weighted by Gasteiger charge is -2.28. The number of hydrogen-bond acceptors (Lipinski definition) is 3.